The van der Waals surface area contributed by atoms with Gasteiger partial charge in [-0.05, 0) is 23.8 Å². The zero-order valence-corrected chi connectivity index (χ0v) is 16.5. The molecule has 0 aromatic heterocycles. The van der Waals surface area contributed by atoms with Crippen LogP contribution in [0.15, 0.2) is 60.7 Å². The highest BCUT2D eigenvalue weighted by molar-refractivity contribution is 6.12. The second-order valence-electron chi connectivity index (χ2n) is 6.19. The van der Waals surface area contributed by atoms with Crippen molar-refractivity contribution in [2.45, 2.75) is 6.61 Å². The maximum Gasteiger partial charge on any atom is 0.200 e. The SMILES string of the molecule is COc1cc(O)c(C(=O)c2ccc(OCc3ccccc3)c(OC)c2)c(OC)c1. The maximum absolute atomic E-state index is 13.0. The van der Waals surface area contributed by atoms with Crippen molar-refractivity contribution in [2.75, 3.05) is 21.3 Å². The van der Waals surface area contributed by atoms with Crippen molar-refractivity contribution in [3.05, 3.63) is 77.4 Å². The molecule has 0 heterocycles. The van der Waals surface area contributed by atoms with Gasteiger partial charge in [-0.15, -0.1) is 0 Å². The average molecular weight is 394 g/mol. The summed E-state index contributed by atoms with van der Waals surface area (Å²) in [6.07, 6.45) is 0. The van der Waals surface area contributed by atoms with Crippen LogP contribution in [0.25, 0.3) is 0 Å². The normalized spacial score (nSPS) is 10.3. The van der Waals surface area contributed by atoms with Gasteiger partial charge in [0.15, 0.2) is 11.5 Å². The van der Waals surface area contributed by atoms with E-state index in [9.17, 15) is 9.90 Å². The standard InChI is InChI=1S/C23H22O6/c1-26-17-12-18(24)22(21(13-17)28-3)23(25)16-9-10-19(20(11-16)27-2)29-14-15-7-5-4-6-8-15/h4-13,24H,14H2,1-3H3. The summed E-state index contributed by atoms with van der Waals surface area (Å²) in [6.45, 7) is 0.373. The van der Waals surface area contributed by atoms with E-state index in [1.165, 1.54) is 27.4 Å². The van der Waals surface area contributed by atoms with E-state index in [1.54, 1.807) is 24.3 Å². The number of hydrogen-bond donors (Lipinski definition) is 1. The molecule has 3 aromatic rings. The minimum absolute atomic E-state index is 0.0494. The predicted octanol–water partition coefficient (Wildman–Crippen LogP) is 4.23. The third-order valence-corrected chi connectivity index (χ3v) is 4.40. The summed E-state index contributed by atoms with van der Waals surface area (Å²) < 4.78 is 21.6. The molecule has 0 amide bonds. The summed E-state index contributed by atoms with van der Waals surface area (Å²) in [4.78, 5) is 13.0. The van der Waals surface area contributed by atoms with E-state index in [2.05, 4.69) is 0 Å². The molecule has 0 fully saturated rings. The van der Waals surface area contributed by atoms with Gasteiger partial charge in [0, 0.05) is 17.7 Å². The number of ketones is 1. The first-order chi connectivity index (χ1) is 14.1. The van der Waals surface area contributed by atoms with Crippen molar-refractivity contribution in [3.8, 4) is 28.7 Å². The molecular weight excluding hydrogens is 372 g/mol. The van der Waals surface area contributed by atoms with E-state index < -0.39 is 5.78 Å². The van der Waals surface area contributed by atoms with E-state index in [4.69, 9.17) is 18.9 Å². The molecular formula is C23H22O6. The Kier molecular flexibility index (Phi) is 6.24. The quantitative estimate of drug-likeness (QED) is 0.577. The van der Waals surface area contributed by atoms with Gasteiger partial charge in [-0.2, -0.15) is 0 Å². The molecule has 3 rings (SSSR count). The molecule has 150 valence electrons. The van der Waals surface area contributed by atoms with Crippen molar-refractivity contribution in [3.63, 3.8) is 0 Å². The minimum Gasteiger partial charge on any atom is -0.507 e. The number of benzene rings is 3. The molecule has 0 saturated heterocycles. The van der Waals surface area contributed by atoms with Crippen LogP contribution in [0.2, 0.25) is 0 Å². The van der Waals surface area contributed by atoms with Crippen LogP contribution in [0, 0.1) is 0 Å². The largest absolute Gasteiger partial charge is 0.507 e. The van der Waals surface area contributed by atoms with Gasteiger partial charge in [-0.3, -0.25) is 4.79 Å². The van der Waals surface area contributed by atoms with Crippen LogP contribution < -0.4 is 18.9 Å². The van der Waals surface area contributed by atoms with Gasteiger partial charge in [0.1, 0.15) is 29.4 Å². The number of ether oxygens (including phenoxy) is 4. The first-order valence-electron chi connectivity index (χ1n) is 8.91. The minimum atomic E-state index is -0.407. The maximum atomic E-state index is 13.0. The van der Waals surface area contributed by atoms with E-state index in [-0.39, 0.29) is 17.1 Å². The number of carbonyl (C=O) groups is 1. The Balaban J connectivity index is 1.89. The zero-order valence-electron chi connectivity index (χ0n) is 16.5. The second-order valence-corrected chi connectivity index (χ2v) is 6.19. The van der Waals surface area contributed by atoms with E-state index in [0.29, 0.717) is 29.4 Å². The second kappa shape index (κ2) is 9.01. The van der Waals surface area contributed by atoms with Crippen LogP contribution in [-0.2, 0) is 6.61 Å². The lowest BCUT2D eigenvalue weighted by Crippen LogP contribution is -2.06. The van der Waals surface area contributed by atoms with Crippen molar-refractivity contribution in [1.82, 2.24) is 0 Å². The van der Waals surface area contributed by atoms with Crippen molar-refractivity contribution in [2.24, 2.45) is 0 Å². The third kappa shape index (κ3) is 4.43. The van der Waals surface area contributed by atoms with Gasteiger partial charge < -0.3 is 24.1 Å². The zero-order chi connectivity index (χ0) is 20.8. The number of phenols is 1. The van der Waals surface area contributed by atoms with Gasteiger partial charge >= 0.3 is 0 Å². The summed E-state index contributed by atoms with van der Waals surface area (Å²) >= 11 is 0. The third-order valence-electron chi connectivity index (χ3n) is 4.40. The Morgan fingerprint density at radius 3 is 2.21 bits per heavy atom. The summed E-state index contributed by atoms with van der Waals surface area (Å²) in [5.41, 5.74) is 1.39. The molecule has 6 nitrogen and oxygen atoms in total. The Morgan fingerprint density at radius 1 is 0.828 bits per heavy atom. The Labute approximate surface area is 169 Å². The predicted molar refractivity (Wildman–Crippen MR) is 108 cm³/mol. The number of methoxy groups -OCH3 is 3. The molecule has 0 spiro atoms. The fourth-order valence-corrected chi connectivity index (χ4v) is 2.89. The Hall–Kier alpha value is -3.67. The highest BCUT2D eigenvalue weighted by Crippen LogP contribution is 2.36. The molecule has 3 aromatic carbocycles. The molecule has 6 heteroatoms. The lowest BCUT2D eigenvalue weighted by atomic mass is 10.0. The molecule has 0 atom stereocenters. The molecule has 0 unspecified atom stereocenters. The van der Waals surface area contributed by atoms with Crippen LogP contribution in [-0.4, -0.2) is 32.2 Å². The van der Waals surface area contributed by atoms with Gasteiger partial charge in [0.05, 0.1) is 21.3 Å². The smallest absolute Gasteiger partial charge is 0.200 e. The van der Waals surface area contributed by atoms with Crippen molar-refractivity contribution >= 4 is 5.78 Å². The number of hydrogen-bond acceptors (Lipinski definition) is 6. The molecule has 29 heavy (non-hydrogen) atoms. The number of aromatic hydroxyl groups is 1. The van der Waals surface area contributed by atoms with Gasteiger partial charge in [-0.1, -0.05) is 30.3 Å². The molecule has 0 radical (unpaired) electrons. The van der Waals surface area contributed by atoms with Crippen LogP contribution in [0.4, 0.5) is 0 Å². The topological polar surface area (TPSA) is 74.2 Å². The lowest BCUT2D eigenvalue weighted by molar-refractivity contribution is 0.103. The first-order valence-corrected chi connectivity index (χ1v) is 8.91. The summed E-state index contributed by atoms with van der Waals surface area (Å²) in [5.74, 6) is 0.899. The van der Waals surface area contributed by atoms with Crippen molar-refractivity contribution < 1.29 is 28.8 Å². The Morgan fingerprint density at radius 2 is 1.55 bits per heavy atom. The van der Waals surface area contributed by atoms with Crippen LogP contribution in [0.5, 0.6) is 28.7 Å². The molecule has 0 aliphatic heterocycles. The molecule has 0 aliphatic carbocycles. The van der Waals surface area contributed by atoms with Crippen molar-refractivity contribution in [1.29, 1.82) is 0 Å². The van der Waals surface area contributed by atoms with Gasteiger partial charge in [0.2, 0.25) is 5.78 Å². The number of carbonyl (C=O) groups excluding carboxylic acids is 1. The number of rotatable bonds is 8. The monoisotopic (exact) mass is 394 g/mol. The van der Waals surface area contributed by atoms with E-state index in [1.807, 2.05) is 30.3 Å². The molecule has 0 bridgehead atoms. The highest BCUT2D eigenvalue weighted by atomic mass is 16.5. The van der Waals surface area contributed by atoms with E-state index in [0.717, 1.165) is 5.56 Å². The molecule has 1 N–H and O–H groups in total. The van der Waals surface area contributed by atoms with Crippen LogP contribution in [0.1, 0.15) is 21.5 Å². The average Bonchev–Trinajstić information content (AvgIpc) is 2.77. The first kappa shape index (κ1) is 20.1. The van der Waals surface area contributed by atoms with Crippen LogP contribution >= 0.6 is 0 Å². The van der Waals surface area contributed by atoms with Crippen LogP contribution in [0.3, 0.4) is 0 Å². The fraction of sp³-hybridized carbons (Fsp3) is 0.174. The molecule has 0 aliphatic rings. The van der Waals surface area contributed by atoms with Gasteiger partial charge in [0.25, 0.3) is 0 Å². The Bertz CT molecular complexity index is 998. The van der Waals surface area contributed by atoms with Gasteiger partial charge in [-0.25, -0.2) is 0 Å². The summed E-state index contributed by atoms with van der Waals surface area (Å²) in [6, 6.07) is 17.5. The highest BCUT2D eigenvalue weighted by Gasteiger charge is 2.22. The van der Waals surface area contributed by atoms with E-state index >= 15 is 0 Å². The summed E-state index contributed by atoms with van der Waals surface area (Å²) in [5, 5.41) is 10.3. The molecule has 0 saturated carbocycles. The lowest BCUT2D eigenvalue weighted by Gasteiger charge is -2.14. The fourth-order valence-electron chi connectivity index (χ4n) is 2.89. The summed E-state index contributed by atoms with van der Waals surface area (Å²) in [7, 11) is 4.39. The number of phenolic OH excluding ortho intramolecular Hbond substituents is 1.